The van der Waals surface area contributed by atoms with Gasteiger partial charge in [0.1, 0.15) is 12.4 Å². The Morgan fingerprint density at radius 1 is 1.06 bits per heavy atom. The van der Waals surface area contributed by atoms with Crippen molar-refractivity contribution in [1.82, 2.24) is 0 Å². The molecule has 0 saturated heterocycles. The lowest BCUT2D eigenvalue weighted by atomic mass is 9.95. The Bertz CT molecular complexity index is 618. The molecule has 0 radical (unpaired) electrons. The van der Waals surface area contributed by atoms with E-state index >= 15 is 0 Å². The molecule has 0 unspecified atom stereocenters. The maximum atomic E-state index is 11.9. The quantitative estimate of drug-likeness (QED) is 0.791. The smallest absolute Gasteiger partial charge is 0.190 e. The van der Waals surface area contributed by atoms with E-state index in [0.29, 0.717) is 5.57 Å². The standard InChI is InChI=1S/C14H10O4/c15-9-3-1-8(2-4-9)10-7-18-14-12(17)6-5-11(16)13(10)14/h1-6,15,17H,7H2. The maximum absolute atomic E-state index is 11.9. The Kier molecular flexibility index (Phi) is 2.23. The van der Waals surface area contributed by atoms with Crippen LogP contribution in [-0.2, 0) is 9.53 Å². The molecule has 1 aliphatic heterocycles. The van der Waals surface area contributed by atoms with Gasteiger partial charge in [0.2, 0.25) is 0 Å². The number of phenols is 1. The molecule has 1 aromatic rings. The number of phenolic OH excluding ortho intramolecular Hbond substituents is 1. The summed E-state index contributed by atoms with van der Waals surface area (Å²) in [6.45, 7) is 0.243. The fourth-order valence-corrected chi connectivity index (χ4v) is 2.09. The number of fused-ring (bicyclic) bond motifs is 1. The lowest BCUT2D eigenvalue weighted by Crippen LogP contribution is -2.07. The summed E-state index contributed by atoms with van der Waals surface area (Å²) in [7, 11) is 0. The van der Waals surface area contributed by atoms with Crippen molar-refractivity contribution in [3.8, 4) is 5.75 Å². The summed E-state index contributed by atoms with van der Waals surface area (Å²) in [5.41, 5.74) is 1.93. The van der Waals surface area contributed by atoms with Crippen LogP contribution in [0.5, 0.6) is 5.75 Å². The molecule has 0 atom stereocenters. The number of aliphatic hydroxyl groups excluding tert-OH is 1. The second kappa shape index (κ2) is 3.77. The van der Waals surface area contributed by atoms with Crippen molar-refractivity contribution in [2.75, 3.05) is 6.61 Å². The van der Waals surface area contributed by atoms with Crippen LogP contribution >= 0.6 is 0 Å². The summed E-state index contributed by atoms with van der Waals surface area (Å²) in [6, 6.07) is 6.53. The van der Waals surface area contributed by atoms with Crippen LogP contribution in [-0.4, -0.2) is 22.6 Å². The summed E-state index contributed by atoms with van der Waals surface area (Å²) in [5, 5.41) is 18.9. The lowest BCUT2D eigenvalue weighted by molar-refractivity contribution is -0.111. The third-order valence-electron chi connectivity index (χ3n) is 2.98. The Morgan fingerprint density at radius 2 is 1.78 bits per heavy atom. The summed E-state index contributed by atoms with van der Waals surface area (Å²) in [6.07, 6.45) is 2.66. The number of hydrogen-bond donors (Lipinski definition) is 2. The van der Waals surface area contributed by atoms with E-state index in [1.165, 1.54) is 12.2 Å². The van der Waals surface area contributed by atoms with Gasteiger partial charge in [0.25, 0.3) is 0 Å². The van der Waals surface area contributed by atoms with Crippen molar-refractivity contribution in [2.24, 2.45) is 0 Å². The van der Waals surface area contributed by atoms with E-state index in [2.05, 4.69) is 0 Å². The number of hydrogen-bond acceptors (Lipinski definition) is 4. The number of aliphatic hydroxyl groups is 1. The molecule has 4 heteroatoms. The van der Waals surface area contributed by atoms with Gasteiger partial charge in [-0.15, -0.1) is 0 Å². The number of aromatic hydroxyl groups is 1. The largest absolute Gasteiger partial charge is 0.508 e. The van der Waals surface area contributed by atoms with Crippen molar-refractivity contribution in [1.29, 1.82) is 0 Å². The first kappa shape index (κ1) is 10.7. The van der Waals surface area contributed by atoms with Crippen LogP contribution in [0.1, 0.15) is 5.56 Å². The molecule has 18 heavy (non-hydrogen) atoms. The Labute approximate surface area is 103 Å². The molecule has 1 aliphatic carbocycles. The van der Waals surface area contributed by atoms with Crippen molar-refractivity contribution >= 4 is 11.4 Å². The topological polar surface area (TPSA) is 66.8 Å². The predicted octanol–water partition coefficient (Wildman–Crippen LogP) is 2.08. The SMILES string of the molecule is O=C1C=CC(O)=C2OCC(c3ccc(O)cc3)=C12. The third-order valence-corrected chi connectivity index (χ3v) is 2.98. The fourth-order valence-electron chi connectivity index (χ4n) is 2.09. The van der Waals surface area contributed by atoms with E-state index in [1.807, 2.05) is 0 Å². The second-order valence-electron chi connectivity index (χ2n) is 4.10. The highest BCUT2D eigenvalue weighted by molar-refractivity contribution is 6.14. The molecule has 0 fully saturated rings. The molecule has 1 aromatic carbocycles. The van der Waals surface area contributed by atoms with Gasteiger partial charge < -0.3 is 14.9 Å². The number of benzene rings is 1. The van der Waals surface area contributed by atoms with Crippen molar-refractivity contribution in [3.05, 3.63) is 59.1 Å². The number of ketones is 1. The average Bonchev–Trinajstić information content (AvgIpc) is 2.81. The zero-order valence-electron chi connectivity index (χ0n) is 9.38. The van der Waals surface area contributed by atoms with Crippen LogP contribution in [0.15, 0.2) is 53.5 Å². The molecule has 0 amide bonds. The van der Waals surface area contributed by atoms with Crippen LogP contribution < -0.4 is 0 Å². The summed E-state index contributed by atoms with van der Waals surface area (Å²) < 4.78 is 5.36. The Balaban J connectivity index is 2.15. The molecule has 4 nitrogen and oxygen atoms in total. The van der Waals surface area contributed by atoms with Crippen molar-refractivity contribution in [3.63, 3.8) is 0 Å². The predicted molar refractivity (Wildman–Crippen MR) is 64.8 cm³/mol. The molecular formula is C14H10O4. The second-order valence-corrected chi connectivity index (χ2v) is 4.10. The fraction of sp³-hybridized carbons (Fsp3) is 0.0714. The maximum Gasteiger partial charge on any atom is 0.190 e. The average molecular weight is 242 g/mol. The molecule has 3 rings (SSSR count). The van der Waals surface area contributed by atoms with Gasteiger partial charge in [-0.05, 0) is 29.8 Å². The molecule has 0 aromatic heterocycles. The first-order chi connectivity index (χ1) is 8.66. The van der Waals surface area contributed by atoms with Gasteiger partial charge in [-0.3, -0.25) is 4.79 Å². The first-order valence-electron chi connectivity index (χ1n) is 5.48. The molecule has 0 bridgehead atoms. The van der Waals surface area contributed by atoms with E-state index in [1.54, 1.807) is 24.3 Å². The zero-order chi connectivity index (χ0) is 12.7. The van der Waals surface area contributed by atoms with Crippen LogP contribution in [0.3, 0.4) is 0 Å². The van der Waals surface area contributed by atoms with E-state index < -0.39 is 0 Å². The number of allylic oxidation sites excluding steroid dienone is 3. The van der Waals surface area contributed by atoms with E-state index in [9.17, 15) is 15.0 Å². The highest BCUT2D eigenvalue weighted by Gasteiger charge is 2.31. The molecule has 90 valence electrons. The normalized spacial score (nSPS) is 18.1. The zero-order valence-corrected chi connectivity index (χ0v) is 9.38. The van der Waals surface area contributed by atoms with Gasteiger partial charge in [-0.2, -0.15) is 0 Å². The van der Waals surface area contributed by atoms with Gasteiger partial charge in [-0.25, -0.2) is 0 Å². The van der Waals surface area contributed by atoms with E-state index in [4.69, 9.17) is 4.74 Å². The number of rotatable bonds is 1. The van der Waals surface area contributed by atoms with Gasteiger partial charge in [-0.1, -0.05) is 12.1 Å². The minimum Gasteiger partial charge on any atom is -0.508 e. The van der Waals surface area contributed by atoms with Crippen LogP contribution in [0.2, 0.25) is 0 Å². The lowest BCUT2D eigenvalue weighted by Gasteiger charge is -2.08. The van der Waals surface area contributed by atoms with E-state index in [0.717, 1.165) is 11.1 Å². The van der Waals surface area contributed by atoms with Gasteiger partial charge in [0, 0.05) is 5.57 Å². The molecule has 0 spiro atoms. The Hall–Kier alpha value is -2.49. The summed E-state index contributed by atoms with van der Waals surface area (Å²) in [5.74, 6) is 0.198. The third kappa shape index (κ3) is 1.50. The van der Waals surface area contributed by atoms with Gasteiger partial charge in [0.05, 0.1) is 5.57 Å². The molecule has 2 aliphatic rings. The Morgan fingerprint density at radius 3 is 2.50 bits per heavy atom. The van der Waals surface area contributed by atoms with Crippen LogP contribution in [0, 0.1) is 0 Å². The van der Waals surface area contributed by atoms with E-state index in [-0.39, 0.29) is 29.7 Å². The van der Waals surface area contributed by atoms with Gasteiger partial charge in [0.15, 0.2) is 17.3 Å². The van der Waals surface area contributed by atoms with Gasteiger partial charge >= 0.3 is 0 Å². The minimum absolute atomic E-state index is 0.0293. The highest BCUT2D eigenvalue weighted by Crippen LogP contribution is 2.36. The van der Waals surface area contributed by atoms with Crippen molar-refractivity contribution in [2.45, 2.75) is 0 Å². The van der Waals surface area contributed by atoms with Crippen LogP contribution in [0.4, 0.5) is 0 Å². The van der Waals surface area contributed by atoms with Crippen molar-refractivity contribution < 1.29 is 19.7 Å². The molecular weight excluding hydrogens is 232 g/mol. The van der Waals surface area contributed by atoms with Crippen LogP contribution in [0.25, 0.3) is 5.57 Å². The number of ether oxygens (including phenoxy) is 1. The minimum atomic E-state index is -0.177. The number of carbonyl (C=O) groups is 1. The summed E-state index contributed by atoms with van der Waals surface area (Å²) >= 11 is 0. The highest BCUT2D eigenvalue weighted by atomic mass is 16.5. The first-order valence-corrected chi connectivity index (χ1v) is 5.48. The summed E-state index contributed by atoms with van der Waals surface area (Å²) in [4.78, 5) is 11.9. The monoisotopic (exact) mass is 242 g/mol. The molecule has 2 N–H and O–H groups in total. The number of carbonyl (C=O) groups excluding carboxylic acids is 1. The molecule has 0 saturated carbocycles. The molecule has 1 heterocycles.